The molecule has 1 unspecified atom stereocenters. The lowest BCUT2D eigenvalue weighted by Gasteiger charge is -2.10. The molecule has 1 saturated heterocycles. The Bertz CT molecular complexity index is 940. The van der Waals surface area contributed by atoms with Crippen molar-refractivity contribution < 1.29 is 23.0 Å². The van der Waals surface area contributed by atoms with Gasteiger partial charge in [0.1, 0.15) is 11.0 Å². The normalized spacial score (nSPS) is 20.2. The number of hydrogen-bond donors (Lipinski definition) is 2. The van der Waals surface area contributed by atoms with Gasteiger partial charge in [-0.2, -0.15) is 4.39 Å². The molecule has 0 bridgehead atoms. The maximum Gasteiger partial charge on any atom is 0.280 e. The lowest BCUT2D eigenvalue weighted by molar-refractivity contribution is -0.110. The number of carbonyl (C=O) groups is 1. The number of rotatable bonds is 9. The van der Waals surface area contributed by atoms with Crippen LogP contribution in [0.1, 0.15) is 24.8 Å². The van der Waals surface area contributed by atoms with Gasteiger partial charge < -0.3 is 9.57 Å². The molecule has 1 aromatic carbocycles. The van der Waals surface area contributed by atoms with Crippen molar-refractivity contribution in [3.05, 3.63) is 41.2 Å². The Kier molecular flexibility index (Phi) is 6.82. The number of nitrogens with zero attached hydrogens (tertiary/aromatic N) is 2. The van der Waals surface area contributed by atoms with Crippen LogP contribution in [0.25, 0.3) is 0 Å². The van der Waals surface area contributed by atoms with E-state index in [9.17, 15) is 13.4 Å². The zero-order chi connectivity index (χ0) is 20.9. The highest BCUT2D eigenvalue weighted by molar-refractivity contribution is 7.83. The average molecular weight is 453 g/mol. The van der Waals surface area contributed by atoms with Crippen molar-refractivity contribution in [1.82, 2.24) is 9.71 Å². The third-order valence-corrected chi connectivity index (χ3v) is 6.47. The number of anilines is 1. The molecule has 160 valence electrons. The summed E-state index contributed by atoms with van der Waals surface area (Å²) in [5, 5.41) is 6.18. The van der Waals surface area contributed by atoms with Gasteiger partial charge in [0.2, 0.25) is 0 Å². The van der Waals surface area contributed by atoms with Crippen LogP contribution in [-0.4, -0.2) is 46.7 Å². The van der Waals surface area contributed by atoms with E-state index in [1.165, 1.54) is 12.8 Å². The standard InChI is InChI=1S/C19H21FN4O4S2/c20-16-10-21-19(29-16)23-18(25)17(24-28-14-7-8-27-11-14)13-3-5-15(6-4-13)30(26)22-9-12-1-2-12/h3-6,10,12,14,22H,1-2,7-9,11H2,(H,21,23,25)/b24-17+/t14-,30?/m1/s1. The maximum absolute atomic E-state index is 13.2. The zero-order valence-electron chi connectivity index (χ0n) is 16.0. The van der Waals surface area contributed by atoms with Crippen LogP contribution in [0.2, 0.25) is 0 Å². The van der Waals surface area contributed by atoms with Crippen molar-refractivity contribution >= 4 is 39.1 Å². The van der Waals surface area contributed by atoms with Crippen LogP contribution in [-0.2, 0) is 25.4 Å². The number of aromatic nitrogens is 1. The van der Waals surface area contributed by atoms with Gasteiger partial charge in [-0.3, -0.25) is 10.1 Å². The predicted molar refractivity (Wildman–Crippen MR) is 111 cm³/mol. The number of hydrogen-bond acceptors (Lipinski definition) is 7. The molecule has 1 aliphatic carbocycles. The molecular formula is C19H21FN4O4S2. The first-order chi connectivity index (χ1) is 14.6. The summed E-state index contributed by atoms with van der Waals surface area (Å²) in [6, 6.07) is 6.66. The minimum absolute atomic E-state index is 0.0146. The fourth-order valence-electron chi connectivity index (χ4n) is 2.75. The summed E-state index contributed by atoms with van der Waals surface area (Å²) in [6.45, 7) is 1.71. The molecule has 2 aromatic rings. The third-order valence-electron chi connectivity index (χ3n) is 4.64. The summed E-state index contributed by atoms with van der Waals surface area (Å²) in [5.74, 6) is 0.0343. The SMILES string of the molecule is O=C(Nc1ncc(F)s1)/C(=N/O[C@@H]1CCOC1)c1ccc(S(=O)NCC2CC2)cc1. The number of halogens is 1. The number of carbonyl (C=O) groups excluding carboxylic acids is 1. The molecule has 2 heterocycles. The molecule has 2 atom stereocenters. The summed E-state index contributed by atoms with van der Waals surface area (Å²) >= 11 is 0.717. The van der Waals surface area contributed by atoms with E-state index < -0.39 is 22.0 Å². The number of nitrogens with one attached hydrogen (secondary N) is 2. The summed E-state index contributed by atoms with van der Waals surface area (Å²) in [5.41, 5.74) is 0.493. The molecule has 0 radical (unpaired) electrons. The molecule has 4 rings (SSSR count). The van der Waals surface area contributed by atoms with E-state index in [2.05, 4.69) is 20.2 Å². The first-order valence-electron chi connectivity index (χ1n) is 9.58. The first-order valence-corrected chi connectivity index (χ1v) is 11.5. The Hall–Kier alpha value is -2.21. The minimum Gasteiger partial charge on any atom is -0.389 e. The number of oxime groups is 1. The van der Waals surface area contributed by atoms with Gasteiger partial charge in [0.25, 0.3) is 5.91 Å². The summed E-state index contributed by atoms with van der Waals surface area (Å²) in [4.78, 5) is 22.6. The van der Waals surface area contributed by atoms with Crippen molar-refractivity contribution in [2.45, 2.75) is 30.3 Å². The number of benzene rings is 1. The van der Waals surface area contributed by atoms with Crippen molar-refractivity contribution in [2.75, 3.05) is 25.1 Å². The summed E-state index contributed by atoms with van der Waals surface area (Å²) < 4.78 is 33.8. The fraction of sp³-hybridized carbons (Fsp3) is 0.421. The molecule has 1 aliphatic heterocycles. The average Bonchev–Trinajstić information content (AvgIpc) is 3.26. The summed E-state index contributed by atoms with van der Waals surface area (Å²) in [7, 11) is -1.32. The highest BCUT2D eigenvalue weighted by Crippen LogP contribution is 2.28. The highest BCUT2D eigenvalue weighted by Gasteiger charge is 2.23. The second-order valence-electron chi connectivity index (χ2n) is 7.04. The van der Waals surface area contributed by atoms with Gasteiger partial charge in [0.15, 0.2) is 22.1 Å². The first kappa shape index (κ1) is 21.0. The molecule has 8 nitrogen and oxygen atoms in total. The lowest BCUT2D eigenvalue weighted by Crippen LogP contribution is -2.25. The van der Waals surface area contributed by atoms with E-state index in [0.717, 1.165) is 24.1 Å². The molecule has 2 aliphatic rings. The third kappa shape index (κ3) is 5.69. The van der Waals surface area contributed by atoms with Gasteiger partial charge in [0.05, 0.1) is 24.3 Å². The van der Waals surface area contributed by atoms with Crippen LogP contribution in [0.5, 0.6) is 0 Å². The van der Waals surface area contributed by atoms with Gasteiger partial charge in [-0.1, -0.05) is 28.6 Å². The quantitative estimate of drug-likeness (QED) is 0.450. The van der Waals surface area contributed by atoms with Gasteiger partial charge >= 0.3 is 0 Å². The molecule has 11 heteroatoms. The minimum atomic E-state index is -1.32. The molecular weight excluding hydrogens is 431 g/mol. The smallest absolute Gasteiger partial charge is 0.280 e. The van der Waals surface area contributed by atoms with Gasteiger partial charge in [-0.25, -0.2) is 13.9 Å². The molecule has 2 N–H and O–H groups in total. The Morgan fingerprint density at radius 1 is 1.33 bits per heavy atom. The van der Waals surface area contributed by atoms with Crippen LogP contribution in [0.15, 0.2) is 40.5 Å². The Labute approximate surface area is 179 Å². The number of ether oxygens (including phenoxy) is 1. The van der Waals surface area contributed by atoms with E-state index in [4.69, 9.17) is 9.57 Å². The molecule has 1 amide bonds. The second kappa shape index (κ2) is 9.73. The van der Waals surface area contributed by atoms with E-state index in [0.29, 0.717) is 36.0 Å². The Morgan fingerprint density at radius 3 is 2.77 bits per heavy atom. The van der Waals surface area contributed by atoms with Crippen LogP contribution < -0.4 is 10.0 Å². The fourth-order valence-corrected chi connectivity index (χ4v) is 4.23. The molecule has 30 heavy (non-hydrogen) atoms. The Morgan fingerprint density at radius 2 is 2.13 bits per heavy atom. The van der Waals surface area contributed by atoms with Gasteiger partial charge in [0, 0.05) is 18.5 Å². The van der Waals surface area contributed by atoms with Crippen LogP contribution in [0.3, 0.4) is 0 Å². The molecule has 2 fully saturated rings. The van der Waals surface area contributed by atoms with Gasteiger partial charge in [-0.15, -0.1) is 0 Å². The number of amides is 1. The summed E-state index contributed by atoms with van der Waals surface area (Å²) in [6.07, 6.45) is 3.83. The zero-order valence-corrected chi connectivity index (χ0v) is 17.6. The van der Waals surface area contributed by atoms with E-state index in [1.54, 1.807) is 24.3 Å². The van der Waals surface area contributed by atoms with Crippen LogP contribution in [0, 0.1) is 11.0 Å². The van der Waals surface area contributed by atoms with Crippen molar-refractivity contribution in [3.63, 3.8) is 0 Å². The van der Waals surface area contributed by atoms with Crippen molar-refractivity contribution in [3.8, 4) is 0 Å². The van der Waals surface area contributed by atoms with Crippen LogP contribution in [0.4, 0.5) is 9.52 Å². The predicted octanol–water partition coefficient (Wildman–Crippen LogP) is 2.45. The second-order valence-corrected chi connectivity index (χ2v) is 9.32. The molecule has 1 saturated carbocycles. The van der Waals surface area contributed by atoms with Crippen LogP contribution >= 0.6 is 11.3 Å². The lowest BCUT2D eigenvalue weighted by atomic mass is 10.1. The van der Waals surface area contributed by atoms with Crippen molar-refractivity contribution in [2.24, 2.45) is 11.1 Å². The van der Waals surface area contributed by atoms with Gasteiger partial charge in [-0.05, 0) is 30.9 Å². The monoisotopic (exact) mass is 452 g/mol. The number of thiazole rings is 1. The van der Waals surface area contributed by atoms with E-state index in [1.807, 2.05) is 0 Å². The largest absolute Gasteiger partial charge is 0.389 e. The van der Waals surface area contributed by atoms with Crippen molar-refractivity contribution in [1.29, 1.82) is 0 Å². The Balaban J connectivity index is 1.49. The van der Waals surface area contributed by atoms with E-state index >= 15 is 0 Å². The molecule has 0 spiro atoms. The van der Waals surface area contributed by atoms with E-state index in [-0.39, 0.29) is 16.9 Å². The highest BCUT2D eigenvalue weighted by atomic mass is 32.2. The molecule has 1 aromatic heterocycles. The maximum atomic E-state index is 13.2. The topological polar surface area (TPSA) is 102 Å².